The number of esters is 1. The Morgan fingerprint density at radius 3 is 2.55 bits per heavy atom. The van der Waals surface area contributed by atoms with Crippen molar-refractivity contribution in [2.45, 2.75) is 6.92 Å². The van der Waals surface area contributed by atoms with E-state index in [1.165, 1.54) is 6.92 Å². The number of aromatic amines is 1. The van der Waals surface area contributed by atoms with Gasteiger partial charge >= 0.3 is 17.2 Å². The number of hydrogen-bond acceptors (Lipinski definition) is 5. The lowest BCUT2D eigenvalue weighted by molar-refractivity contribution is -0.387. The van der Waals surface area contributed by atoms with E-state index in [1.54, 1.807) is 0 Å². The first-order chi connectivity index (χ1) is 10.3. The fourth-order valence-corrected chi connectivity index (χ4v) is 1.68. The van der Waals surface area contributed by atoms with Gasteiger partial charge in [0.1, 0.15) is 0 Å². The molecule has 0 radical (unpaired) electrons. The molecule has 0 saturated carbocycles. The van der Waals surface area contributed by atoms with Gasteiger partial charge in [0.25, 0.3) is 0 Å². The number of aryl methyl sites for hydroxylation is 1. The van der Waals surface area contributed by atoms with E-state index >= 15 is 0 Å². The maximum Gasteiger partial charge on any atom is 0.376 e. The summed E-state index contributed by atoms with van der Waals surface area (Å²) in [5.74, 6) is -4.17. The van der Waals surface area contributed by atoms with Crippen molar-refractivity contribution in [1.29, 1.82) is 0 Å². The van der Waals surface area contributed by atoms with Crippen LogP contribution in [0.25, 0.3) is 0 Å². The molecule has 22 heavy (non-hydrogen) atoms. The second-order valence-electron chi connectivity index (χ2n) is 4.27. The minimum atomic E-state index is -1.27. The van der Waals surface area contributed by atoms with E-state index in [1.807, 2.05) is 0 Å². The first kappa shape index (κ1) is 15.3. The van der Waals surface area contributed by atoms with Gasteiger partial charge in [-0.2, -0.15) is 0 Å². The third-order valence-corrected chi connectivity index (χ3v) is 2.65. The van der Waals surface area contributed by atoms with E-state index < -0.39 is 39.5 Å². The molecule has 0 unspecified atom stereocenters. The van der Waals surface area contributed by atoms with Crippen molar-refractivity contribution in [2.75, 3.05) is 0 Å². The zero-order valence-corrected chi connectivity index (χ0v) is 11.1. The predicted octanol–water partition coefficient (Wildman–Crippen LogP) is 2.09. The maximum atomic E-state index is 13.1. The van der Waals surface area contributed by atoms with Crippen molar-refractivity contribution in [2.24, 2.45) is 0 Å². The number of H-pyrrole nitrogens is 1. The number of aromatic nitrogens is 1. The van der Waals surface area contributed by atoms with E-state index in [2.05, 4.69) is 4.98 Å². The molecule has 114 valence electrons. The van der Waals surface area contributed by atoms with Gasteiger partial charge in [0.2, 0.25) is 5.75 Å². The molecule has 0 bridgehead atoms. The van der Waals surface area contributed by atoms with Gasteiger partial charge in [-0.3, -0.25) is 14.9 Å². The van der Waals surface area contributed by atoms with Crippen LogP contribution in [-0.2, 0) is 0 Å². The smallest absolute Gasteiger partial charge is 0.376 e. The average Bonchev–Trinajstić information content (AvgIpc) is 2.40. The van der Waals surface area contributed by atoms with Crippen LogP contribution < -0.4 is 10.3 Å². The number of nitro groups is 1. The van der Waals surface area contributed by atoms with E-state index in [0.29, 0.717) is 12.1 Å². The van der Waals surface area contributed by atoms with Gasteiger partial charge in [0.15, 0.2) is 11.6 Å². The van der Waals surface area contributed by atoms with Crippen LogP contribution in [0.4, 0.5) is 14.5 Å². The third kappa shape index (κ3) is 2.97. The van der Waals surface area contributed by atoms with Crippen LogP contribution in [0.3, 0.4) is 0 Å². The van der Waals surface area contributed by atoms with Crippen molar-refractivity contribution in [3.8, 4) is 5.75 Å². The van der Waals surface area contributed by atoms with Gasteiger partial charge in [-0.05, 0) is 25.1 Å². The minimum absolute atomic E-state index is 0.226. The van der Waals surface area contributed by atoms with E-state index in [0.717, 1.165) is 12.1 Å². The first-order valence-electron chi connectivity index (χ1n) is 5.85. The number of ether oxygens (including phenoxy) is 1. The Balaban J connectivity index is 2.42. The lowest BCUT2D eigenvalue weighted by atomic mass is 10.2. The summed E-state index contributed by atoms with van der Waals surface area (Å²) in [6.45, 7) is 1.43. The Morgan fingerprint density at radius 1 is 1.27 bits per heavy atom. The number of rotatable bonds is 3. The molecule has 1 aromatic carbocycles. The normalized spacial score (nSPS) is 10.3. The Hall–Kier alpha value is -3.10. The molecule has 0 aliphatic heterocycles. The first-order valence-corrected chi connectivity index (χ1v) is 5.85. The summed E-state index contributed by atoms with van der Waals surface area (Å²) in [6, 6.07) is 3.33. The Kier molecular flexibility index (Phi) is 3.97. The molecular formula is C13H8F2N2O5. The molecule has 9 heteroatoms. The van der Waals surface area contributed by atoms with Gasteiger partial charge in [0, 0.05) is 11.8 Å². The molecule has 2 aromatic rings. The van der Waals surface area contributed by atoms with Crippen LogP contribution in [0, 0.1) is 28.7 Å². The van der Waals surface area contributed by atoms with Crippen molar-refractivity contribution >= 4 is 11.7 Å². The third-order valence-electron chi connectivity index (χ3n) is 2.65. The SMILES string of the molecule is Cc1cc(OC(=O)c2ccc(F)c(F)c2)c([N+](=O)[O-])c(=O)[nH]1. The monoisotopic (exact) mass is 310 g/mol. The largest absolute Gasteiger partial charge is 0.415 e. The molecule has 0 aliphatic rings. The standard InChI is InChI=1S/C13H8F2N2O5/c1-6-4-10(11(17(20)21)12(18)16-6)22-13(19)7-2-3-8(14)9(15)5-7/h2-5H,1H3,(H,16,18). The number of hydrogen-bond donors (Lipinski definition) is 1. The van der Waals surface area contributed by atoms with Crippen LogP contribution in [0.5, 0.6) is 5.75 Å². The Bertz CT molecular complexity index is 832. The molecule has 0 aliphatic carbocycles. The Labute approximate surface area is 121 Å². The zero-order chi connectivity index (χ0) is 16.4. The van der Waals surface area contributed by atoms with Crippen molar-refractivity contribution in [1.82, 2.24) is 4.98 Å². The van der Waals surface area contributed by atoms with Crippen molar-refractivity contribution < 1.29 is 23.2 Å². The van der Waals surface area contributed by atoms with Gasteiger partial charge in [-0.15, -0.1) is 0 Å². The van der Waals surface area contributed by atoms with E-state index in [9.17, 15) is 28.5 Å². The van der Waals surface area contributed by atoms with Gasteiger partial charge in [-0.25, -0.2) is 13.6 Å². The van der Waals surface area contributed by atoms with Crippen LogP contribution in [0.2, 0.25) is 0 Å². The summed E-state index contributed by atoms with van der Waals surface area (Å²) >= 11 is 0. The van der Waals surface area contributed by atoms with Gasteiger partial charge in [-0.1, -0.05) is 0 Å². The number of pyridine rings is 1. The van der Waals surface area contributed by atoms with Gasteiger partial charge < -0.3 is 9.72 Å². The Morgan fingerprint density at radius 2 is 1.95 bits per heavy atom. The summed E-state index contributed by atoms with van der Waals surface area (Å²) in [4.78, 5) is 35.4. The number of nitrogens with one attached hydrogen (secondary N) is 1. The van der Waals surface area contributed by atoms with Crippen LogP contribution in [0.1, 0.15) is 16.1 Å². The van der Waals surface area contributed by atoms with E-state index in [4.69, 9.17) is 4.74 Å². The lowest BCUT2D eigenvalue weighted by Crippen LogP contribution is -2.17. The summed E-state index contributed by atoms with van der Waals surface area (Å²) < 4.78 is 30.6. The lowest BCUT2D eigenvalue weighted by Gasteiger charge is -2.06. The average molecular weight is 310 g/mol. The second kappa shape index (κ2) is 5.72. The van der Waals surface area contributed by atoms with E-state index in [-0.39, 0.29) is 11.3 Å². The molecule has 1 heterocycles. The number of benzene rings is 1. The number of carbonyl (C=O) groups is 1. The highest BCUT2D eigenvalue weighted by molar-refractivity contribution is 5.91. The molecule has 0 spiro atoms. The number of carbonyl (C=O) groups excluding carboxylic acids is 1. The van der Waals surface area contributed by atoms with Crippen LogP contribution in [-0.4, -0.2) is 15.9 Å². The molecule has 0 fully saturated rings. The molecule has 0 saturated heterocycles. The van der Waals surface area contributed by atoms with Crippen LogP contribution >= 0.6 is 0 Å². The summed E-state index contributed by atoms with van der Waals surface area (Å²) in [5.41, 5.74) is -2.13. The molecule has 0 atom stereocenters. The summed E-state index contributed by atoms with van der Waals surface area (Å²) in [7, 11) is 0. The summed E-state index contributed by atoms with van der Waals surface area (Å²) in [6.07, 6.45) is 0. The van der Waals surface area contributed by atoms with Gasteiger partial charge in [0.05, 0.1) is 10.5 Å². The molecule has 2 rings (SSSR count). The predicted molar refractivity (Wildman–Crippen MR) is 69.8 cm³/mol. The topological polar surface area (TPSA) is 102 Å². The molecule has 0 amide bonds. The number of nitrogens with zero attached hydrogens (tertiary/aromatic N) is 1. The summed E-state index contributed by atoms with van der Waals surface area (Å²) in [5, 5.41) is 10.9. The zero-order valence-electron chi connectivity index (χ0n) is 11.1. The second-order valence-corrected chi connectivity index (χ2v) is 4.27. The van der Waals surface area contributed by atoms with Crippen molar-refractivity contribution in [3.05, 3.63) is 67.6 Å². The maximum absolute atomic E-state index is 13.1. The van der Waals surface area contributed by atoms with Crippen LogP contribution in [0.15, 0.2) is 29.1 Å². The molecule has 1 N–H and O–H groups in total. The van der Waals surface area contributed by atoms with Crippen molar-refractivity contribution in [3.63, 3.8) is 0 Å². The molecule has 1 aromatic heterocycles. The molecular weight excluding hydrogens is 302 g/mol. The highest BCUT2D eigenvalue weighted by Crippen LogP contribution is 2.24. The highest BCUT2D eigenvalue weighted by atomic mass is 19.2. The quantitative estimate of drug-likeness (QED) is 0.531. The number of halogens is 2. The fraction of sp³-hybridized carbons (Fsp3) is 0.0769. The molecule has 7 nitrogen and oxygen atoms in total. The minimum Gasteiger partial charge on any atom is -0.415 e. The highest BCUT2D eigenvalue weighted by Gasteiger charge is 2.24. The fourth-order valence-electron chi connectivity index (χ4n) is 1.68.